The summed E-state index contributed by atoms with van der Waals surface area (Å²) in [7, 11) is 0. The number of anilines is 1. The molecule has 4 nitrogen and oxygen atoms in total. The number of nitrogens with one attached hydrogen (secondary N) is 1. The molecule has 1 aliphatic heterocycles. The lowest BCUT2D eigenvalue weighted by molar-refractivity contribution is -0.118. The molecule has 124 valence electrons. The van der Waals surface area contributed by atoms with E-state index in [9.17, 15) is 14.0 Å². The average Bonchev–Trinajstić information content (AvgIpc) is 2.91. The van der Waals surface area contributed by atoms with Crippen LogP contribution in [0.2, 0.25) is 0 Å². The molecule has 0 radical (unpaired) electrons. The number of hydrogen-bond donors (Lipinski definition) is 1. The minimum Gasteiger partial charge on any atom is -0.340 e. The van der Waals surface area contributed by atoms with Crippen molar-refractivity contribution < 1.29 is 14.0 Å². The molecule has 1 fully saturated rings. The van der Waals surface area contributed by atoms with Gasteiger partial charge in [-0.25, -0.2) is 4.39 Å². The first-order chi connectivity index (χ1) is 11.5. The molecule has 24 heavy (non-hydrogen) atoms. The van der Waals surface area contributed by atoms with Crippen LogP contribution in [0, 0.1) is 19.7 Å². The van der Waals surface area contributed by atoms with Crippen LogP contribution < -0.4 is 10.2 Å². The van der Waals surface area contributed by atoms with Gasteiger partial charge in [-0.05, 0) is 61.7 Å². The number of rotatable bonds is 3. The molecule has 5 heteroatoms. The first-order valence-corrected chi connectivity index (χ1v) is 7.91. The van der Waals surface area contributed by atoms with E-state index < -0.39 is 17.8 Å². The quantitative estimate of drug-likeness (QED) is 0.943. The number of halogens is 1. The van der Waals surface area contributed by atoms with Crippen molar-refractivity contribution in [1.29, 1.82) is 0 Å². The van der Waals surface area contributed by atoms with Gasteiger partial charge in [0, 0.05) is 17.8 Å². The second-order valence-electron chi connectivity index (χ2n) is 6.08. The highest BCUT2D eigenvalue weighted by Gasteiger charge is 2.33. The van der Waals surface area contributed by atoms with Gasteiger partial charge >= 0.3 is 0 Å². The van der Waals surface area contributed by atoms with Crippen LogP contribution in [0.5, 0.6) is 0 Å². The Morgan fingerprint density at radius 1 is 1.17 bits per heavy atom. The fourth-order valence-electron chi connectivity index (χ4n) is 2.84. The van der Waals surface area contributed by atoms with Gasteiger partial charge in [0.15, 0.2) is 0 Å². The molecule has 0 saturated carbocycles. The summed E-state index contributed by atoms with van der Waals surface area (Å²) >= 11 is 0. The summed E-state index contributed by atoms with van der Waals surface area (Å²) in [6.07, 6.45) is 0.535. The molecule has 1 heterocycles. The molecule has 1 atom stereocenters. The van der Waals surface area contributed by atoms with E-state index in [4.69, 9.17) is 0 Å². The maximum Gasteiger partial charge on any atom is 0.252 e. The Bertz CT molecular complexity index is 804. The summed E-state index contributed by atoms with van der Waals surface area (Å²) in [6, 6.07) is 10.7. The largest absolute Gasteiger partial charge is 0.340 e. The number of nitrogens with zero attached hydrogens (tertiary/aromatic N) is 1. The van der Waals surface area contributed by atoms with E-state index in [0.29, 0.717) is 13.0 Å². The van der Waals surface area contributed by atoms with Crippen molar-refractivity contribution in [3.05, 3.63) is 65.0 Å². The van der Waals surface area contributed by atoms with Crippen molar-refractivity contribution in [2.24, 2.45) is 0 Å². The van der Waals surface area contributed by atoms with E-state index in [0.717, 1.165) is 17.3 Å². The monoisotopic (exact) mass is 326 g/mol. The smallest absolute Gasteiger partial charge is 0.252 e. The summed E-state index contributed by atoms with van der Waals surface area (Å²) in [5.74, 6) is -1.05. The summed E-state index contributed by atoms with van der Waals surface area (Å²) in [4.78, 5) is 26.4. The Morgan fingerprint density at radius 3 is 2.67 bits per heavy atom. The summed E-state index contributed by atoms with van der Waals surface area (Å²) < 4.78 is 13.2. The van der Waals surface area contributed by atoms with Crippen molar-refractivity contribution >= 4 is 17.5 Å². The zero-order valence-electron chi connectivity index (χ0n) is 13.7. The SMILES string of the molecule is Cc1ccc(N2CC[C@H](NC(=O)c3cccc(F)c3)C2=O)cc1C. The Morgan fingerprint density at radius 2 is 1.96 bits per heavy atom. The lowest BCUT2D eigenvalue weighted by atomic mass is 10.1. The third-order valence-corrected chi connectivity index (χ3v) is 4.40. The van der Waals surface area contributed by atoms with Crippen molar-refractivity contribution in [3.8, 4) is 0 Å². The zero-order valence-corrected chi connectivity index (χ0v) is 13.7. The minimum atomic E-state index is -0.581. The van der Waals surface area contributed by atoms with E-state index in [1.165, 1.54) is 23.8 Å². The van der Waals surface area contributed by atoms with Crippen LogP contribution in [0.4, 0.5) is 10.1 Å². The van der Waals surface area contributed by atoms with Crippen molar-refractivity contribution in [3.63, 3.8) is 0 Å². The van der Waals surface area contributed by atoms with E-state index in [1.54, 1.807) is 4.90 Å². The van der Waals surface area contributed by atoms with Gasteiger partial charge in [0.1, 0.15) is 11.9 Å². The topological polar surface area (TPSA) is 49.4 Å². The van der Waals surface area contributed by atoms with E-state index in [1.807, 2.05) is 32.0 Å². The molecule has 0 aromatic heterocycles. The van der Waals surface area contributed by atoms with Crippen molar-refractivity contribution in [1.82, 2.24) is 5.32 Å². The number of amides is 2. The van der Waals surface area contributed by atoms with Crippen LogP contribution in [0.1, 0.15) is 27.9 Å². The summed E-state index contributed by atoms with van der Waals surface area (Å²) in [5.41, 5.74) is 3.34. The van der Waals surface area contributed by atoms with Gasteiger partial charge in [-0.1, -0.05) is 12.1 Å². The highest BCUT2D eigenvalue weighted by Crippen LogP contribution is 2.24. The molecule has 2 aromatic rings. The first kappa shape index (κ1) is 16.2. The molecule has 0 bridgehead atoms. The van der Waals surface area contributed by atoms with Crippen LogP contribution in [-0.2, 0) is 4.79 Å². The van der Waals surface area contributed by atoms with Gasteiger partial charge < -0.3 is 10.2 Å². The fourth-order valence-corrected chi connectivity index (χ4v) is 2.84. The van der Waals surface area contributed by atoms with Crippen LogP contribution in [0.3, 0.4) is 0 Å². The molecule has 2 aromatic carbocycles. The Balaban J connectivity index is 1.72. The standard InChI is InChI=1S/C19H19FN2O2/c1-12-6-7-16(10-13(12)2)22-9-8-17(19(22)24)21-18(23)14-4-3-5-15(20)11-14/h3-7,10-11,17H,8-9H2,1-2H3,(H,21,23)/t17-/m0/s1. The molecule has 1 aliphatic rings. The number of carbonyl (C=O) groups excluding carboxylic acids is 2. The first-order valence-electron chi connectivity index (χ1n) is 7.91. The Labute approximate surface area is 140 Å². The van der Waals surface area contributed by atoms with Crippen LogP contribution >= 0.6 is 0 Å². The second kappa shape index (κ2) is 6.43. The molecular weight excluding hydrogens is 307 g/mol. The third kappa shape index (κ3) is 3.15. The molecule has 1 saturated heterocycles. The van der Waals surface area contributed by atoms with Gasteiger partial charge in [0.05, 0.1) is 0 Å². The third-order valence-electron chi connectivity index (χ3n) is 4.40. The number of carbonyl (C=O) groups is 2. The van der Waals surface area contributed by atoms with Crippen LogP contribution in [0.25, 0.3) is 0 Å². The molecule has 0 unspecified atom stereocenters. The van der Waals surface area contributed by atoms with Crippen molar-refractivity contribution in [2.75, 3.05) is 11.4 Å². The van der Waals surface area contributed by atoms with Crippen LogP contribution in [0.15, 0.2) is 42.5 Å². The zero-order chi connectivity index (χ0) is 17.3. The number of hydrogen-bond acceptors (Lipinski definition) is 2. The predicted molar refractivity (Wildman–Crippen MR) is 90.5 cm³/mol. The van der Waals surface area contributed by atoms with Gasteiger partial charge in [-0.15, -0.1) is 0 Å². The molecule has 1 N–H and O–H groups in total. The van der Waals surface area contributed by atoms with E-state index >= 15 is 0 Å². The van der Waals surface area contributed by atoms with Gasteiger partial charge in [-0.3, -0.25) is 9.59 Å². The van der Waals surface area contributed by atoms with Gasteiger partial charge in [0.2, 0.25) is 5.91 Å². The lowest BCUT2D eigenvalue weighted by Crippen LogP contribution is -2.41. The highest BCUT2D eigenvalue weighted by atomic mass is 19.1. The average molecular weight is 326 g/mol. The van der Waals surface area contributed by atoms with E-state index in [-0.39, 0.29) is 11.5 Å². The fraction of sp³-hybridized carbons (Fsp3) is 0.263. The number of benzene rings is 2. The maximum atomic E-state index is 13.2. The van der Waals surface area contributed by atoms with Crippen LogP contribution in [-0.4, -0.2) is 24.4 Å². The highest BCUT2D eigenvalue weighted by molar-refractivity contribution is 6.03. The lowest BCUT2D eigenvalue weighted by Gasteiger charge is -2.18. The van der Waals surface area contributed by atoms with E-state index in [2.05, 4.69) is 5.32 Å². The minimum absolute atomic E-state index is 0.136. The summed E-state index contributed by atoms with van der Waals surface area (Å²) in [5, 5.41) is 2.70. The molecule has 0 aliphatic carbocycles. The number of aryl methyl sites for hydroxylation is 2. The van der Waals surface area contributed by atoms with Gasteiger partial charge in [0.25, 0.3) is 5.91 Å². The second-order valence-corrected chi connectivity index (χ2v) is 6.08. The molecule has 0 spiro atoms. The predicted octanol–water partition coefficient (Wildman–Crippen LogP) is 2.98. The summed E-state index contributed by atoms with van der Waals surface area (Å²) in [6.45, 7) is 4.57. The normalized spacial score (nSPS) is 17.2. The Hall–Kier alpha value is -2.69. The molecular formula is C19H19FN2O2. The Kier molecular flexibility index (Phi) is 4.34. The molecule has 2 amide bonds. The maximum absolute atomic E-state index is 13.2. The van der Waals surface area contributed by atoms with Crippen molar-refractivity contribution in [2.45, 2.75) is 26.3 Å². The molecule has 3 rings (SSSR count). The van der Waals surface area contributed by atoms with Gasteiger partial charge in [-0.2, -0.15) is 0 Å².